The van der Waals surface area contributed by atoms with Crippen molar-refractivity contribution in [3.8, 4) is 0 Å². The molecule has 0 aromatic carbocycles. The summed E-state index contributed by atoms with van der Waals surface area (Å²) < 4.78 is 2.65. The highest BCUT2D eigenvalue weighted by molar-refractivity contribution is 5.25. The number of piperidine rings is 1. The largest absolute Gasteiger partial charge is 0.324 e. The molecule has 0 amide bonds. The summed E-state index contributed by atoms with van der Waals surface area (Å²) in [6.45, 7) is 9.62. The molecule has 6 atom stereocenters. The van der Waals surface area contributed by atoms with Gasteiger partial charge in [0.05, 0.1) is 52.4 Å². The Balaban J connectivity index is 1.42. The Hall–Kier alpha value is -0.340. The van der Waals surface area contributed by atoms with Gasteiger partial charge in [0, 0.05) is 38.0 Å². The van der Waals surface area contributed by atoms with Crippen LogP contribution in [-0.2, 0) is 0 Å². The maximum Gasteiger partial charge on any atom is 0.0991 e. The number of quaternary nitrogens is 2. The highest BCUT2D eigenvalue weighted by atomic mass is 15.4. The van der Waals surface area contributed by atoms with Crippen molar-refractivity contribution in [3.05, 3.63) is 11.6 Å². The number of allylic oxidation sites excluding steroid dienone is 1. The molecule has 5 aliphatic rings. The first-order valence-electron chi connectivity index (χ1n) is 12.6. The Bertz CT molecular complexity index is 657. The van der Waals surface area contributed by atoms with E-state index < -0.39 is 0 Å². The van der Waals surface area contributed by atoms with E-state index in [0.29, 0.717) is 11.0 Å². The van der Waals surface area contributed by atoms with Crippen LogP contribution in [-0.4, -0.2) is 61.3 Å². The third-order valence-corrected chi connectivity index (χ3v) is 11.5. The van der Waals surface area contributed by atoms with Crippen LogP contribution in [0.2, 0.25) is 0 Å². The summed E-state index contributed by atoms with van der Waals surface area (Å²) in [6, 6.07) is 0.914. The van der Waals surface area contributed by atoms with Crippen molar-refractivity contribution in [3.63, 3.8) is 0 Å². The number of hydrogen-bond acceptors (Lipinski definition) is 0. The second-order valence-electron chi connectivity index (χ2n) is 12.7. The summed E-state index contributed by atoms with van der Waals surface area (Å²) in [7, 11) is 7.63. The van der Waals surface area contributed by atoms with E-state index >= 15 is 0 Å². The molecule has 0 radical (unpaired) electrons. The van der Waals surface area contributed by atoms with E-state index in [-0.39, 0.29) is 0 Å². The Morgan fingerprint density at radius 2 is 1.61 bits per heavy atom. The van der Waals surface area contributed by atoms with Crippen molar-refractivity contribution in [2.24, 2.45) is 23.2 Å². The summed E-state index contributed by atoms with van der Waals surface area (Å²) in [6.07, 6.45) is 17.4. The fourth-order valence-electron chi connectivity index (χ4n) is 9.14. The van der Waals surface area contributed by atoms with Gasteiger partial charge in [0.25, 0.3) is 0 Å². The molecule has 0 unspecified atom stereocenters. The molecule has 2 heterocycles. The Morgan fingerprint density at radius 3 is 2.36 bits per heavy atom. The van der Waals surface area contributed by atoms with Crippen LogP contribution in [0.1, 0.15) is 78.1 Å². The number of nitrogens with zero attached hydrogens (tertiary/aromatic N) is 2. The second-order valence-corrected chi connectivity index (χ2v) is 12.7. The summed E-state index contributed by atoms with van der Waals surface area (Å²) in [5.74, 6) is 2.87. The molecule has 0 aromatic rings. The van der Waals surface area contributed by atoms with Crippen LogP contribution >= 0.6 is 0 Å². The first kappa shape index (κ1) is 19.6. The zero-order valence-corrected chi connectivity index (χ0v) is 19.5. The standard InChI is InChI=1S/C26H46N2/c1-25-14-12-21(28(5)17-6-7-18-28)19-20(25)10-11-22-23(25)13-15-26(2)24(22)9-8-16-27(26,3)4/h10,21-24H,6-9,11-19H2,1-5H3/q+2/t21-,22+,23-,24-,25-,26-/m0/s1. The molecule has 2 aliphatic heterocycles. The Labute approximate surface area is 174 Å². The van der Waals surface area contributed by atoms with Crippen molar-refractivity contribution >= 4 is 0 Å². The van der Waals surface area contributed by atoms with Crippen molar-refractivity contribution in [2.75, 3.05) is 40.8 Å². The molecule has 0 N–H and O–H groups in total. The first-order chi connectivity index (χ1) is 13.2. The molecular weight excluding hydrogens is 340 g/mol. The molecule has 158 valence electrons. The molecule has 2 saturated carbocycles. The van der Waals surface area contributed by atoms with E-state index in [1.807, 2.05) is 5.57 Å². The van der Waals surface area contributed by atoms with E-state index in [0.717, 1.165) is 23.8 Å². The minimum Gasteiger partial charge on any atom is -0.324 e. The quantitative estimate of drug-likeness (QED) is 0.419. The van der Waals surface area contributed by atoms with E-state index in [1.165, 1.54) is 92.8 Å². The van der Waals surface area contributed by atoms with Gasteiger partial charge < -0.3 is 8.97 Å². The average Bonchev–Trinajstić information content (AvgIpc) is 3.09. The van der Waals surface area contributed by atoms with Gasteiger partial charge >= 0.3 is 0 Å². The first-order valence-corrected chi connectivity index (χ1v) is 12.6. The van der Waals surface area contributed by atoms with Crippen LogP contribution in [0.25, 0.3) is 0 Å². The van der Waals surface area contributed by atoms with Crippen LogP contribution in [0.15, 0.2) is 11.6 Å². The SMILES string of the molecule is C[C@]12CC[C@H]([N+]3(C)CCCC3)CC1=CC[C@@H]1[C@@H]2CC[C@@]2(C)[C@H]1CCC[N+]2(C)C. The number of rotatable bonds is 1. The van der Waals surface area contributed by atoms with Crippen LogP contribution in [0, 0.1) is 23.2 Å². The Kier molecular flexibility index (Phi) is 4.43. The van der Waals surface area contributed by atoms with E-state index in [2.05, 4.69) is 41.1 Å². The minimum absolute atomic E-state index is 0.520. The molecule has 5 rings (SSSR count). The van der Waals surface area contributed by atoms with E-state index in [9.17, 15) is 0 Å². The lowest BCUT2D eigenvalue weighted by molar-refractivity contribution is -0.952. The number of fused-ring (bicyclic) bond motifs is 5. The normalized spacial score (nSPS) is 49.5. The molecule has 28 heavy (non-hydrogen) atoms. The van der Waals surface area contributed by atoms with E-state index in [4.69, 9.17) is 0 Å². The van der Waals surface area contributed by atoms with Crippen LogP contribution < -0.4 is 0 Å². The van der Waals surface area contributed by atoms with Gasteiger partial charge in [-0.25, -0.2) is 0 Å². The highest BCUT2D eigenvalue weighted by Gasteiger charge is 2.61. The van der Waals surface area contributed by atoms with Gasteiger partial charge in [-0.3, -0.25) is 0 Å². The van der Waals surface area contributed by atoms with Crippen molar-refractivity contribution in [1.82, 2.24) is 0 Å². The molecule has 0 spiro atoms. The van der Waals surface area contributed by atoms with Crippen molar-refractivity contribution < 1.29 is 8.97 Å². The van der Waals surface area contributed by atoms with Gasteiger partial charge in [-0.15, -0.1) is 0 Å². The van der Waals surface area contributed by atoms with Crippen LogP contribution in [0.3, 0.4) is 0 Å². The van der Waals surface area contributed by atoms with Gasteiger partial charge in [0.15, 0.2) is 0 Å². The monoisotopic (exact) mass is 386 g/mol. The van der Waals surface area contributed by atoms with Crippen LogP contribution in [0.4, 0.5) is 0 Å². The summed E-state index contributed by atoms with van der Waals surface area (Å²) >= 11 is 0. The number of likely N-dealkylation sites (tertiary alicyclic amines) is 2. The van der Waals surface area contributed by atoms with E-state index in [1.54, 1.807) is 0 Å². The molecule has 0 aromatic heterocycles. The number of hydrogen-bond donors (Lipinski definition) is 0. The molecular formula is C26H46N2+2. The smallest absolute Gasteiger partial charge is 0.0991 e. The maximum atomic E-state index is 2.79. The van der Waals surface area contributed by atoms with Gasteiger partial charge in [-0.05, 0) is 56.3 Å². The molecule has 2 nitrogen and oxygen atoms in total. The Morgan fingerprint density at radius 1 is 0.857 bits per heavy atom. The van der Waals surface area contributed by atoms with Crippen molar-refractivity contribution in [2.45, 2.75) is 89.6 Å². The molecule has 2 heteroatoms. The zero-order valence-electron chi connectivity index (χ0n) is 19.5. The lowest BCUT2D eigenvalue weighted by atomic mass is 9.47. The van der Waals surface area contributed by atoms with Gasteiger partial charge in [-0.1, -0.05) is 18.6 Å². The lowest BCUT2D eigenvalue weighted by Gasteiger charge is -2.64. The van der Waals surface area contributed by atoms with Gasteiger partial charge in [0.2, 0.25) is 0 Å². The predicted molar refractivity (Wildman–Crippen MR) is 118 cm³/mol. The van der Waals surface area contributed by atoms with Crippen LogP contribution in [0.5, 0.6) is 0 Å². The lowest BCUT2D eigenvalue weighted by Crippen LogP contribution is -2.69. The molecule has 3 aliphatic carbocycles. The zero-order chi connectivity index (χ0) is 19.8. The maximum absolute atomic E-state index is 2.79. The highest BCUT2D eigenvalue weighted by Crippen LogP contribution is 2.62. The van der Waals surface area contributed by atoms with Gasteiger partial charge in [0.1, 0.15) is 0 Å². The van der Waals surface area contributed by atoms with Crippen molar-refractivity contribution in [1.29, 1.82) is 0 Å². The average molecular weight is 387 g/mol. The molecule has 2 saturated heterocycles. The summed E-state index contributed by atoms with van der Waals surface area (Å²) in [4.78, 5) is 0. The second kappa shape index (κ2) is 6.33. The molecule has 0 bridgehead atoms. The predicted octanol–water partition coefficient (Wildman–Crippen LogP) is 5.39. The van der Waals surface area contributed by atoms with Gasteiger partial charge in [-0.2, -0.15) is 0 Å². The summed E-state index contributed by atoms with van der Waals surface area (Å²) in [5, 5.41) is 0. The fraction of sp³-hybridized carbons (Fsp3) is 0.923. The fourth-order valence-corrected chi connectivity index (χ4v) is 9.14. The third-order valence-electron chi connectivity index (χ3n) is 11.5. The summed E-state index contributed by atoms with van der Waals surface area (Å²) in [5.41, 5.74) is 2.94. The minimum atomic E-state index is 0.520. The molecule has 4 fully saturated rings. The third kappa shape index (κ3) is 2.59. The topological polar surface area (TPSA) is 0 Å².